The molecule has 0 aliphatic heterocycles. The van der Waals surface area contributed by atoms with Crippen LogP contribution in [0.5, 0.6) is 0 Å². The molecule has 0 aromatic carbocycles. The van der Waals surface area contributed by atoms with Crippen LogP contribution in [0.25, 0.3) is 0 Å². The predicted molar refractivity (Wildman–Crippen MR) is 151 cm³/mol. The van der Waals surface area contributed by atoms with Crippen molar-refractivity contribution in [3.05, 3.63) is 6.61 Å². The Morgan fingerprint density at radius 3 is 0.909 bits per heavy atom. The summed E-state index contributed by atoms with van der Waals surface area (Å²) in [4.78, 5) is 0. The summed E-state index contributed by atoms with van der Waals surface area (Å²) in [6, 6.07) is 0. The van der Waals surface area contributed by atoms with E-state index in [-0.39, 0.29) is 0 Å². The maximum atomic E-state index is 5.50. The first-order chi connectivity index (χ1) is 16.4. The Morgan fingerprint density at radius 1 is 0.333 bits per heavy atom. The molecule has 0 heterocycles. The molecule has 0 aromatic heterocycles. The van der Waals surface area contributed by atoms with Crippen LogP contribution < -0.4 is 0 Å². The van der Waals surface area contributed by atoms with E-state index in [0.717, 1.165) is 13.0 Å². The van der Waals surface area contributed by atoms with Crippen LogP contribution in [0.1, 0.15) is 194 Å². The Kier molecular flexibility index (Phi) is 31.9. The van der Waals surface area contributed by atoms with Gasteiger partial charge in [-0.15, -0.1) is 0 Å². The highest BCUT2D eigenvalue weighted by Gasteiger charge is 1.96. The van der Waals surface area contributed by atoms with Crippen LogP contribution in [0.3, 0.4) is 0 Å². The van der Waals surface area contributed by atoms with Gasteiger partial charge in [0.15, 0.2) is 0 Å². The van der Waals surface area contributed by atoms with Gasteiger partial charge in [-0.2, -0.15) is 0 Å². The minimum absolute atomic E-state index is 0.913. The Hall–Kier alpha value is -0.0400. The lowest BCUT2D eigenvalue weighted by Gasteiger charge is -2.04. The standard InChI is InChI=1S/C32H65O/c1-3-5-7-8-9-10-11-12-13-14-15-16-17-18-19-20-21-22-23-24-25-26-27-28-29-30-32-33-31-6-4-2/h32H,3-31H2,1-2H3. The van der Waals surface area contributed by atoms with Crippen LogP contribution in [0, 0.1) is 6.61 Å². The second-order valence-corrected chi connectivity index (χ2v) is 10.7. The van der Waals surface area contributed by atoms with E-state index in [1.54, 1.807) is 0 Å². The number of rotatable bonds is 30. The first kappa shape index (κ1) is 33.0. The molecule has 0 amide bonds. The quantitative estimate of drug-likeness (QED) is 0.0958. The predicted octanol–water partition coefficient (Wildman–Crippen LogP) is 12.1. The lowest BCUT2D eigenvalue weighted by atomic mass is 10.0. The average molecular weight is 466 g/mol. The molecule has 0 atom stereocenters. The first-order valence-corrected chi connectivity index (χ1v) is 15.8. The molecule has 0 rings (SSSR count). The van der Waals surface area contributed by atoms with Crippen molar-refractivity contribution in [2.24, 2.45) is 0 Å². The van der Waals surface area contributed by atoms with Gasteiger partial charge in [-0.1, -0.05) is 181 Å². The summed E-state index contributed by atoms with van der Waals surface area (Å²) in [5.74, 6) is 0. The van der Waals surface area contributed by atoms with Gasteiger partial charge in [0.1, 0.15) is 0 Å². The molecule has 0 fully saturated rings. The van der Waals surface area contributed by atoms with Gasteiger partial charge in [0, 0.05) is 6.61 Å². The maximum absolute atomic E-state index is 5.50. The molecule has 1 nitrogen and oxygen atoms in total. The summed E-state index contributed by atoms with van der Waals surface area (Å²) < 4.78 is 5.50. The second-order valence-electron chi connectivity index (χ2n) is 10.7. The van der Waals surface area contributed by atoms with E-state index in [4.69, 9.17) is 4.74 Å². The van der Waals surface area contributed by atoms with E-state index in [0.29, 0.717) is 0 Å². The smallest absolute Gasteiger partial charge is 0.0836 e. The molecule has 1 radical (unpaired) electrons. The summed E-state index contributed by atoms with van der Waals surface area (Å²) >= 11 is 0. The minimum Gasteiger partial charge on any atom is -0.376 e. The molecule has 0 saturated carbocycles. The molecule has 0 saturated heterocycles. The fourth-order valence-electron chi connectivity index (χ4n) is 4.76. The maximum Gasteiger partial charge on any atom is 0.0836 e. The molecule has 0 aliphatic rings. The number of hydrogen-bond acceptors (Lipinski definition) is 1. The Labute approximate surface area is 211 Å². The normalized spacial score (nSPS) is 11.5. The highest BCUT2D eigenvalue weighted by molar-refractivity contribution is 4.54. The molecule has 0 unspecified atom stereocenters. The summed E-state index contributed by atoms with van der Waals surface area (Å²) in [6.45, 7) is 7.47. The fourth-order valence-corrected chi connectivity index (χ4v) is 4.76. The van der Waals surface area contributed by atoms with Crippen LogP contribution in [-0.4, -0.2) is 6.61 Å². The highest BCUT2D eigenvalue weighted by atomic mass is 16.5. The lowest BCUT2D eigenvalue weighted by molar-refractivity contribution is 0.185. The summed E-state index contributed by atoms with van der Waals surface area (Å²) in [5, 5.41) is 0. The monoisotopic (exact) mass is 466 g/mol. The Morgan fingerprint density at radius 2 is 0.606 bits per heavy atom. The van der Waals surface area contributed by atoms with Crippen molar-refractivity contribution in [3.8, 4) is 0 Å². The molecule has 0 aliphatic carbocycles. The summed E-state index contributed by atoms with van der Waals surface area (Å²) in [5.41, 5.74) is 0. The van der Waals surface area contributed by atoms with Gasteiger partial charge in [-0.05, 0) is 12.8 Å². The van der Waals surface area contributed by atoms with E-state index >= 15 is 0 Å². The van der Waals surface area contributed by atoms with Crippen LogP contribution in [0.4, 0.5) is 0 Å². The van der Waals surface area contributed by atoms with Crippen molar-refractivity contribution in [2.75, 3.05) is 6.61 Å². The lowest BCUT2D eigenvalue weighted by Crippen LogP contribution is -1.91. The highest BCUT2D eigenvalue weighted by Crippen LogP contribution is 2.16. The van der Waals surface area contributed by atoms with Gasteiger partial charge in [-0.3, -0.25) is 0 Å². The van der Waals surface area contributed by atoms with Crippen molar-refractivity contribution in [2.45, 2.75) is 194 Å². The van der Waals surface area contributed by atoms with Crippen molar-refractivity contribution in [1.82, 2.24) is 0 Å². The van der Waals surface area contributed by atoms with E-state index in [1.165, 1.54) is 173 Å². The SMILES string of the molecule is CCCCCCCCCCCCCCCCCCCCCCCCCCC[CH]OCCCC. The van der Waals surface area contributed by atoms with Crippen molar-refractivity contribution >= 4 is 0 Å². The van der Waals surface area contributed by atoms with E-state index < -0.39 is 0 Å². The molecule has 0 bridgehead atoms. The van der Waals surface area contributed by atoms with Gasteiger partial charge in [0.05, 0.1) is 6.61 Å². The minimum atomic E-state index is 0.913. The average Bonchev–Trinajstić information content (AvgIpc) is 2.83. The van der Waals surface area contributed by atoms with E-state index in [9.17, 15) is 0 Å². The van der Waals surface area contributed by atoms with E-state index in [1.807, 2.05) is 6.61 Å². The Bertz CT molecular complexity index is 284. The zero-order valence-electron chi connectivity index (χ0n) is 23.5. The molecule has 33 heavy (non-hydrogen) atoms. The van der Waals surface area contributed by atoms with Crippen LogP contribution in [-0.2, 0) is 4.74 Å². The molecule has 0 N–H and O–H groups in total. The number of unbranched alkanes of at least 4 members (excludes halogenated alkanes) is 26. The van der Waals surface area contributed by atoms with Gasteiger partial charge >= 0.3 is 0 Å². The van der Waals surface area contributed by atoms with Gasteiger partial charge in [-0.25, -0.2) is 0 Å². The van der Waals surface area contributed by atoms with Crippen LogP contribution >= 0.6 is 0 Å². The van der Waals surface area contributed by atoms with Gasteiger partial charge in [0.2, 0.25) is 0 Å². The van der Waals surface area contributed by atoms with Crippen molar-refractivity contribution < 1.29 is 4.74 Å². The zero-order chi connectivity index (χ0) is 23.9. The van der Waals surface area contributed by atoms with Crippen LogP contribution in [0.15, 0.2) is 0 Å². The van der Waals surface area contributed by atoms with Crippen molar-refractivity contribution in [1.29, 1.82) is 0 Å². The molecular formula is C32H65O. The third kappa shape index (κ3) is 32.0. The molecular weight excluding hydrogens is 400 g/mol. The van der Waals surface area contributed by atoms with Gasteiger partial charge in [0.25, 0.3) is 0 Å². The van der Waals surface area contributed by atoms with E-state index in [2.05, 4.69) is 13.8 Å². The molecule has 199 valence electrons. The van der Waals surface area contributed by atoms with Gasteiger partial charge < -0.3 is 4.74 Å². The molecule has 1 heteroatoms. The third-order valence-electron chi connectivity index (χ3n) is 7.16. The molecule has 0 spiro atoms. The summed E-state index contributed by atoms with van der Waals surface area (Å²) in [6.07, 6.45) is 40.0. The number of hydrogen-bond donors (Lipinski definition) is 0. The molecule has 0 aromatic rings. The Balaban J connectivity index is 2.99. The first-order valence-electron chi connectivity index (χ1n) is 15.8. The summed E-state index contributed by atoms with van der Waals surface area (Å²) in [7, 11) is 0. The third-order valence-corrected chi connectivity index (χ3v) is 7.16. The van der Waals surface area contributed by atoms with Crippen molar-refractivity contribution in [3.63, 3.8) is 0 Å². The second kappa shape index (κ2) is 32.0. The largest absolute Gasteiger partial charge is 0.376 e. The number of ether oxygens (including phenoxy) is 1. The topological polar surface area (TPSA) is 9.23 Å². The van der Waals surface area contributed by atoms with Crippen LogP contribution in [0.2, 0.25) is 0 Å². The zero-order valence-corrected chi connectivity index (χ0v) is 23.5. The fraction of sp³-hybridized carbons (Fsp3) is 0.969.